The van der Waals surface area contributed by atoms with Crippen LogP contribution in [0.2, 0.25) is 0 Å². The lowest BCUT2D eigenvalue weighted by Gasteiger charge is -2.33. The molecule has 0 spiro atoms. The SMILES string of the molecule is CCOc1cc(C)c(S(=O)(=O)N2CCC(O)c3cc(C)ccc32)cc1C. The summed E-state index contributed by atoms with van der Waals surface area (Å²) in [6, 6.07) is 8.96. The van der Waals surface area contributed by atoms with E-state index in [1.165, 1.54) is 4.31 Å². The molecular weight excluding hydrogens is 350 g/mol. The molecule has 5 nitrogen and oxygen atoms in total. The number of aliphatic hydroxyl groups is 1. The Labute approximate surface area is 155 Å². The maximum Gasteiger partial charge on any atom is 0.264 e. The van der Waals surface area contributed by atoms with E-state index in [1.54, 1.807) is 25.1 Å². The fourth-order valence-electron chi connectivity index (χ4n) is 3.40. The number of benzene rings is 2. The second-order valence-electron chi connectivity index (χ2n) is 6.76. The Balaban J connectivity index is 2.10. The van der Waals surface area contributed by atoms with Crippen LogP contribution in [-0.2, 0) is 10.0 Å². The van der Waals surface area contributed by atoms with Gasteiger partial charge in [0, 0.05) is 12.1 Å². The van der Waals surface area contributed by atoms with Gasteiger partial charge in [0.05, 0.1) is 23.3 Å². The second-order valence-corrected chi connectivity index (χ2v) is 8.59. The Morgan fingerprint density at radius 3 is 2.58 bits per heavy atom. The Kier molecular flexibility index (Phi) is 4.99. The largest absolute Gasteiger partial charge is 0.494 e. The number of hydrogen-bond acceptors (Lipinski definition) is 4. The molecule has 6 heteroatoms. The number of fused-ring (bicyclic) bond motifs is 1. The molecule has 1 N–H and O–H groups in total. The van der Waals surface area contributed by atoms with Crippen LogP contribution in [0.15, 0.2) is 35.2 Å². The topological polar surface area (TPSA) is 66.8 Å². The number of nitrogens with zero attached hydrogens (tertiary/aromatic N) is 1. The summed E-state index contributed by atoms with van der Waals surface area (Å²) < 4.78 is 33.8. The van der Waals surface area contributed by atoms with E-state index in [0.717, 1.165) is 11.1 Å². The number of aryl methyl sites for hydroxylation is 3. The van der Waals surface area contributed by atoms with Crippen LogP contribution < -0.4 is 9.04 Å². The van der Waals surface area contributed by atoms with Crippen molar-refractivity contribution in [3.63, 3.8) is 0 Å². The molecule has 0 amide bonds. The highest BCUT2D eigenvalue weighted by molar-refractivity contribution is 7.92. The predicted molar refractivity (Wildman–Crippen MR) is 102 cm³/mol. The van der Waals surface area contributed by atoms with Crippen molar-refractivity contribution in [1.29, 1.82) is 0 Å². The molecule has 3 rings (SSSR count). The maximum atomic E-state index is 13.4. The summed E-state index contributed by atoms with van der Waals surface area (Å²) in [7, 11) is -3.73. The van der Waals surface area contributed by atoms with Gasteiger partial charge in [0.25, 0.3) is 10.0 Å². The van der Waals surface area contributed by atoms with Gasteiger partial charge in [-0.25, -0.2) is 8.42 Å². The van der Waals surface area contributed by atoms with E-state index in [4.69, 9.17) is 4.74 Å². The quantitative estimate of drug-likeness (QED) is 0.886. The molecule has 0 saturated carbocycles. The number of anilines is 1. The summed E-state index contributed by atoms with van der Waals surface area (Å²) in [5.74, 6) is 0.703. The standard InChI is InChI=1S/C20H25NO4S/c1-5-25-19-11-15(4)20(12-14(19)3)26(23,24)21-9-8-18(22)16-10-13(2)6-7-17(16)21/h6-7,10-12,18,22H,5,8-9H2,1-4H3. The normalized spacial score (nSPS) is 17.1. The third-order valence-corrected chi connectivity index (χ3v) is 6.71. The Bertz CT molecular complexity index is 937. The molecule has 1 aliphatic heterocycles. The number of sulfonamides is 1. The van der Waals surface area contributed by atoms with Crippen molar-refractivity contribution < 1.29 is 18.3 Å². The molecule has 1 unspecified atom stereocenters. The van der Waals surface area contributed by atoms with Crippen LogP contribution in [0.25, 0.3) is 0 Å². The van der Waals surface area contributed by atoms with Crippen LogP contribution in [0.3, 0.4) is 0 Å². The lowest BCUT2D eigenvalue weighted by atomic mass is 9.99. The van der Waals surface area contributed by atoms with Crippen LogP contribution in [0.4, 0.5) is 5.69 Å². The predicted octanol–water partition coefficient (Wildman–Crippen LogP) is 3.64. The summed E-state index contributed by atoms with van der Waals surface area (Å²) in [6.07, 6.45) is -0.260. The highest BCUT2D eigenvalue weighted by Gasteiger charge is 2.33. The van der Waals surface area contributed by atoms with Gasteiger partial charge in [-0.1, -0.05) is 17.7 Å². The molecule has 0 saturated heterocycles. The summed E-state index contributed by atoms with van der Waals surface area (Å²) in [5.41, 5.74) is 3.66. The van der Waals surface area contributed by atoms with Crippen molar-refractivity contribution in [2.75, 3.05) is 17.5 Å². The second kappa shape index (κ2) is 6.93. The Hall–Kier alpha value is -2.05. The summed E-state index contributed by atoms with van der Waals surface area (Å²) >= 11 is 0. The average Bonchev–Trinajstić information content (AvgIpc) is 2.58. The lowest BCUT2D eigenvalue weighted by molar-refractivity contribution is 0.166. The Morgan fingerprint density at radius 2 is 1.88 bits per heavy atom. The third-order valence-electron chi connectivity index (χ3n) is 4.76. The highest BCUT2D eigenvalue weighted by atomic mass is 32.2. The highest BCUT2D eigenvalue weighted by Crippen LogP contribution is 2.38. The van der Waals surface area contributed by atoms with Crippen LogP contribution in [0, 0.1) is 20.8 Å². The summed E-state index contributed by atoms with van der Waals surface area (Å²) in [6.45, 7) is 8.25. The molecule has 2 aromatic rings. The molecule has 1 aliphatic rings. The minimum Gasteiger partial charge on any atom is -0.494 e. The van der Waals surface area contributed by atoms with Crippen LogP contribution in [-0.4, -0.2) is 26.7 Å². The van der Waals surface area contributed by atoms with E-state index in [1.807, 2.05) is 32.9 Å². The van der Waals surface area contributed by atoms with Crippen molar-refractivity contribution in [2.24, 2.45) is 0 Å². The molecule has 0 bridgehead atoms. The van der Waals surface area contributed by atoms with Gasteiger partial charge in [-0.3, -0.25) is 4.31 Å². The van der Waals surface area contributed by atoms with Gasteiger partial charge in [-0.2, -0.15) is 0 Å². The van der Waals surface area contributed by atoms with Crippen LogP contribution in [0.1, 0.15) is 41.7 Å². The smallest absolute Gasteiger partial charge is 0.264 e. The fraction of sp³-hybridized carbons (Fsp3) is 0.400. The molecular formula is C20H25NO4S. The van der Waals surface area contributed by atoms with Gasteiger partial charge < -0.3 is 9.84 Å². The molecule has 0 aromatic heterocycles. The van der Waals surface area contributed by atoms with Crippen LogP contribution in [0.5, 0.6) is 5.75 Å². The first kappa shape index (κ1) is 18.7. The number of aliphatic hydroxyl groups excluding tert-OH is 1. The van der Waals surface area contributed by atoms with E-state index in [0.29, 0.717) is 35.6 Å². The van der Waals surface area contributed by atoms with Gasteiger partial charge in [-0.15, -0.1) is 0 Å². The number of hydrogen-bond donors (Lipinski definition) is 1. The van der Waals surface area contributed by atoms with E-state index in [-0.39, 0.29) is 11.4 Å². The first-order chi connectivity index (χ1) is 12.3. The zero-order chi connectivity index (χ0) is 19.1. The zero-order valence-electron chi connectivity index (χ0n) is 15.6. The van der Waals surface area contributed by atoms with Gasteiger partial charge in [0.15, 0.2) is 0 Å². The van der Waals surface area contributed by atoms with Crippen molar-refractivity contribution in [2.45, 2.75) is 45.1 Å². The van der Waals surface area contributed by atoms with Gasteiger partial charge >= 0.3 is 0 Å². The van der Waals surface area contributed by atoms with Gasteiger partial charge in [-0.05, 0) is 63.4 Å². The minimum absolute atomic E-state index is 0.255. The average molecular weight is 375 g/mol. The van der Waals surface area contributed by atoms with Crippen molar-refractivity contribution >= 4 is 15.7 Å². The minimum atomic E-state index is -3.73. The molecule has 2 aromatic carbocycles. The Morgan fingerprint density at radius 1 is 1.15 bits per heavy atom. The third kappa shape index (κ3) is 3.19. The first-order valence-electron chi connectivity index (χ1n) is 8.81. The van der Waals surface area contributed by atoms with Crippen molar-refractivity contribution in [3.8, 4) is 5.75 Å². The monoisotopic (exact) mass is 375 g/mol. The molecule has 140 valence electrons. The molecule has 0 radical (unpaired) electrons. The first-order valence-corrected chi connectivity index (χ1v) is 10.2. The van der Waals surface area contributed by atoms with E-state index in [9.17, 15) is 13.5 Å². The lowest BCUT2D eigenvalue weighted by Crippen LogP contribution is -2.37. The van der Waals surface area contributed by atoms with E-state index in [2.05, 4.69) is 0 Å². The van der Waals surface area contributed by atoms with Crippen LogP contribution >= 0.6 is 0 Å². The van der Waals surface area contributed by atoms with Gasteiger partial charge in [0.2, 0.25) is 0 Å². The van der Waals surface area contributed by atoms with E-state index < -0.39 is 16.1 Å². The van der Waals surface area contributed by atoms with Gasteiger partial charge in [0.1, 0.15) is 5.75 Å². The number of ether oxygens (including phenoxy) is 1. The number of rotatable bonds is 4. The molecule has 0 aliphatic carbocycles. The molecule has 1 heterocycles. The maximum absolute atomic E-state index is 13.4. The molecule has 1 atom stereocenters. The molecule has 0 fully saturated rings. The molecule has 26 heavy (non-hydrogen) atoms. The van der Waals surface area contributed by atoms with Crippen molar-refractivity contribution in [1.82, 2.24) is 0 Å². The summed E-state index contributed by atoms with van der Waals surface area (Å²) in [5, 5.41) is 10.3. The van der Waals surface area contributed by atoms with Crippen molar-refractivity contribution in [3.05, 3.63) is 52.6 Å². The van der Waals surface area contributed by atoms with E-state index >= 15 is 0 Å². The zero-order valence-corrected chi connectivity index (χ0v) is 16.4. The summed E-state index contributed by atoms with van der Waals surface area (Å²) in [4.78, 5) is 0.279. The fourth-order valence-corrected chi connectivity index (χ4v) is 5.20.